The Kier molecular flexibility index (Phi) is 5.42. The molecule has 0 amide bonds. The molecular formula is C13H17ClIN3O2. The van der Waals surface area contributed by atoms with Crippen molar-refractivity contribution < 1.29 is 9.53 Å². The minimum absolute atomic E-state index is 0.199. The summed E-state index contributed by atoms with van der Waals surface area (Å²) in [4.78, 5) is 19.9. The Labute approximate surface area is 137 Å². The first-order valence-corrected chi connectivity index (χ1v) is 8.03. The molecule has 2 rings (SSSR count). The first kappa shape index (κ1) is 15.8. The van der Waals surface area contributed by atoms with E-state index in [9.17, 15) is 4.79 Å². The largest absolute Gasteiger partial charge is 0.469 e. The van der Waals surface area contributed by atoms with Crippen LogP contribution in [0.5, 0.6) is 0 Å². The van der Waals surface area contributed by atoms with E-state index >= 15 is 0 Å². The quantitative estimate of drug-likeness (QED) is 0.469. The van der Waals surface area contributed by atoms with E-state index in [2.05, 4.69) is 37.9 Å². The van der Waals surface area contributed by atoms with Crippen molar-refractivity contribution in [2.24, 2.45) is 0 Å². The molecule has 1 aromatic rings. The van der Waals surface area contributed by atoms with Crippen molar-refractivity contribution in [2.75, 3.05) is 12.4 Å². The monoisotopic (exact) mass is 409 g/mol. The van der Waals surface area contributed by atoms with Crippen LogP contribution in [0.2, 0.25) is 5.28 Å². The van der Waals surface area contributed by atoms with Gasteiger partial charge < -0.3 is 10.1 Å². The topological polar surface area (TPSA) is 64.1 Å². The number of nitrogens with one attached hydrogen (secondary N) is 1. The number of halogens is 2. The third-order valence-corrected chi connectivity index (χ3v) is 4.59. The first-order chi connectivity index (χ1) is 9.54. The van der Waals surface area contributed by atoms with Crippen molar-refractivity contribution in [3.05, 3.63) is 15.1 Å². The fourth-order valence-electron chi connectivity index (χ4n) is 2.61. The highest BCUT2D eigenvalue weighted by Gasteiger charge is 2.35. The Morgan fingerprint density at radius 3 is 2.85 bits per heavy atom. The Morgan fingerprint density at radius 2 is 2.20 bits per heavy atom. The van der Waals surface area contributed by atoms with Crippen LogP contribution in [0.15, 0.2) is 6.20 Å². The van der Waals surface area contributed by atoms with Crippen molar-refractivity contribution in [3.63, 3.8) is 0 Å². The standard InChI is InChI=1S/C13H17ClIN3O2/c1-20-10(19)7-13(5-3-2-4-6-13)18-11-9(15)8-16-12(14)17-11/h8H,2-7H2,1H3,(H,16,17,18). The van der Waals surface area contributed by atoms with Crippen LogP contribution in [0.4, 0.5) is 5.82 Å². The molecule has 20 heavy (non-hydrogen) atoms. The zero-order valence-electron chi connectivity index (χ0n) is 11.3. The summed E-state index contributed by atoms with van der Waals surface area (Å²) in [6, 6.07) is 0. The molecule has 1 aliphatic carbocycles. The maximum Gasteiger partial charge on any atom is 0.307 e. The molecule has 0 radical (unpaired) electrons. The predicted molar refractivity (Wildman–Crippen MR) is 85.8 cm³/mol. The summed E-state index contributed by atoms with van der Waals surface area (Å²) in [7, 11) is 1.42. The van der Waals surface area contributed by atoms with Gasteiger partial charge in [-0.05, 0) is 47.0 Å². The van der Waals surface area contributed by atoms with Crippen LogP contribution in [0.3, 0.4) is 0 Å². The van der Waals surface area contributed by atoms with E-state index in [0.29, 0.717) is 12.2 Å². The molecule has 1 heterocycles. The number of methoxy groups -OCH3 is 1. The SMILES string of the molecule is COC(=O)CC1(Nc2nc(Cl)ncc2I)CCCCC1. The van der Waals surface area contributed by atoms with Crippen molar-refractivity contribution in [1.29, 1.82) is 0 Å². The first-order valence-electron chi connectivity index (χ1n) is 6.58. The fraction of sp³-hybridized carbons (Fsp3) is 0.615. The molecule has 0 aliphatic heterocycles. The summed E-state index contributed by atoms with van der Waals surface area (Å²) >= 11 is 8.02. The number of hydrogen-bond acceptors (Lipinski definition) is 5. The Morgan fingerprint density at radius 1 is 1.50 bits per heavy atom. The van der Waals surface area contributed by atoms with E-state index in [-0.39, 0.29) is 16.8 Å². The summed E-state index contributed by atoms with van der Waals surface area (Å²) < 4.78 is 5.72. The smallest absolute Gasteiger partial charge is 0.307 e. The van der Waals surface area contributed by atoms with Crippen LogP contribution >= 0.6 is 34.2 Å². The van der Waals surface area contributed by atoms with Crippen LogP contribution in [-0.2, 0) is 9.53 Å². The van der Waals surface area contributed by atoms with E-state index in [1.807, 2.05) is 0 Å². The van der Waals surface area contributed by atoms with E-state index in [0.717, 1.165) is 29.3 Å². The minimum atomic E-state index is -0.289. The fourth-order valence-corrected chi connectivity index (χ4v) is 3.14. The van der Waals surface area contributed by atoms with E-state index in [4.69, 9.17) is 16.3 Å². The van der Waals surface area contributed by atoms with Crippen molar-refractivity contribution in [1.82, 2.24) is 9.97 Å². The molecule has 1 saturated carbocycles. The molecule has 110 valence electrons. The van der Waals surface area contributed by atoms with Crippen molar-refractivity contribution in [3.8, 4) is 0 Å². The third-order valence-electron chi connectivity index (χ3n) is 3.62. The second kappa shape index (κ2) is 6.89. The molecule has 7 heteroatoms. The number of carbonyl (C=O) groups excluding carboxylic acids is 1. The van der Waals surface area contributed by atoms with Gasteiger partial charge in [0.2, 0.25) is 5.28 Å². The maximum absolute atomic E-state index is 11.7. The lowest BCUT2D eigenvalue weighted by Gasteiger charge is -2.38. The van der Waals surface area contributed by atoms with Crippen molar-refractivity contribution >= 4 is 46.0 Å². The lowest BCUT2D eigenvalue weighted by atomic mass is 9.79. The van der Waals surface area contributed by atoms with Crippen LogP contribution in [0, 0.1) is 3.57 Å². The van der Waals surface area contributed by atoms with Gasteiger partial charge in [-0.2, -0.15) is 4.98 Å². The predicted octanol–water partition coefficient (Wildman–Crippen LogP) is 3.41. The lowest BCUT2D eigenvalue weighted by Crippen LogP contribution is -2.43. The van der Waals surface area contributed by atoms with Gasteiger partial charge in [-0.3, -0.25) is 4.79 Å². The van der Waals surface area contributed by atoms with Gasteiger partial charge in [-0.25, -0.2) is 4.98 Å². The van der Waals surface area contributed by atoms with Gasteiger partial charge in [0, 0.05) is 11.7 Å². The highest BCUT2D eigenvalue weighted by molar-refractivity contribution is 14.1. The lowest BCUT2D eigenvalue weighted by molar-refractivity contribution is -0.142. The molecule has 1 aliphatic rings. The Bertz CT molecular complexity index is 493. The average Bonchev–Trinajstić information content (AvgIpc) is 2.43. The van der Waals surface area contributed by atoms with Gasteiger partial charge in [-0.15, -0.1) is 0 Å². The van der Waals surface area contributed by atoms with Gasteiger partial charge in [0.1, 0.15) is 5.82 Å². The van der Waals surface area contributed by atoms with Gasteiger partial charge in [0.15, 0.2) is 0 Å². The molecule has 0 unspecified atom stereocenters. The number of esters is 1. The molecule has 1 fully saturated rings. The average molecular weight is 410 g/mol. The van der Waals surface area contributed by atoms with Gasteiger partial charge >= 0.3 is 5.97 Å². The zero-order valence-corrected chi connectivity index (χ0v) is 14.2. The molecule has 0 saturated heterocycles. The Balaban J connectivity index is 2.22. The summed E-state index contributed by atoms with van der Waals surface area (Å²) in [5, 5.41) is 3.63. The summed E-state index contributed by atoms with van der Waals surface area (Å²) in [5.74, 6) is 0.492. The molecule has 1 aromatic heterocycles. The highest BCUT2D eigenvalue weighted by Crippen LogP contribution is 2.35. The molecular weight excluding hydrogens is 393 g/mol. The van der Waals surface area contributed by atoms with Crippen LogP contribution in [0.25, 0.3) is 0 Å². The van der Waals surface area contributed by atoms with Gasteiger partial charge in [0.05, 0.1) is 17.1 Å². The summed E-state index contributed by atoms with van der Waals surface area (Å²) in [6.07, 6.45) is 7.28. The second-order valence-corrected chi connectivity index (χ2v) is 6.55. The Hall–Kier alpha value is -0.630. The number of ether oxygens (including phenoxy) is 1. The number of nitrogens with zero attached hydrogens (tertiary/aromatic N) is 2. The molecule has 0 spiro atoms. The number of carbonyl (C=O) groups is 1. The molecule has 1 N–H and O–H groups in total. The van der Waals surface area contributed by atoms with Crippen LogP contribution < -0.4 is 5.32 Å². The molecule has 0 aromatic carbocycles. The molecule has 0 atom stereocenters. The second-order valence-electron chi connectivity index (χ2n) is 5.05. The number of anilines is 1. The highest BCUT2D eigenvalue weighted by atomic mass is 127. The van der Waals surface area contributed by atoms with Gasteiger partial charge in [0.25, 0.3) is 0 Å². The number of rotatable bonds is 4. The van der Waals surface area contributed by atoms with E-state index in [1.54, 1.807) is 6.20 Å². The normalized spacial score (nSPS) is 17.6. The minimum Gasteiger partial charge on any atom is -0.469 e. The van der Waals surface area contributed by atoms with Gasteiger partial charge in [-0.1, -0.05) is 19.3 Å². The zero-order chi connectivity index (χ0) is 14.6. The van der Waals surface area contributed by atoms with Crippen LogP contribution in [0.1, 0.15) is 38.5 Å². The number of aromatic nitrogens is 2. The van der Waals surface area contributed by atoms with Crippen molar-refractivity contribution in [2.45, 2.75) is 44.1 Å². The van der Waals surface area contributed by atoms with E-state index in [1.165, 1.54) is 13.5 Å². The third kappa shape index (κ3) is 3.94. The molecule has 5 nitrogen and oxygen atoms in total. The number of hydrogen-bond donors (Lipinski definition) is 1. The molecule has 0 bridgehead atoms. The summed E-state index contributed by atoms with van der Waals surface area (Å²) in [6.45, 7) is 0. The maximum atomic E-state index is 11.7. The van der Waals surface area contributed by atoms with E-state index < -0.39 is 0 Å². The van der Waals surface area contributed by atoms with Crippen LogP contribution in [-0.4, -0.2) is 28.6 Å². The summed E-state index contributed by atoms with van der Waals surface area (Å²) in [5.41, 5.74) is -0.289.